The van der Waals surface area contributed by atoms with E-state index >= 15 is 0 Å². The number of rotatable bonds is 3. The van der Waals surface area contributed by atoms with Crippen molar-refractivity contribution in [2.45, 2.75) is 5.25 Å². The molecule has 0 amide bonds. The molecule has 24 heavy (non-hydrogen) atoms. The maximum Gasteiger partial charge on any atom is 2.00 e. The summed E-state index contributed by atoms with van der Waals surface area (Å²) in [6.45, 7) is 0. The van der Waals surface area contributed by atoms with Crippen LogP contribution in [0.25, 0.3) is 0 Å². The molecule has 0 aliphatic rings. The number of benzene rings is 1. The summed E-state index contributed by atoms with van der Waals surface area (Å²) in [5, 5.41) is -1.28. The molecule has 5 nitrogen and oxygen atoms in total. The third-order valence-corrected chi connectivity index (χ3v) is 3.84. The monoisotopic (exact) mass is 521 g/mol. The second-order valence-electron chi connectivity index (χ2n) is 4.42. The molecule has 1 atom stereocenters. The van der Waals surface area contributed by atoms with E-state index in [2.05, 4.69) is 22.2 Å². The minimum atomic E-state index is -4.32. The molecule has 0 radical (unpaired) electrons. The van der Waals surface area contributed by atoms with Crippen LogP contribution in [-0.4, -0.2) is 22.9 Å². The van der Waals surface area contributed by atoms with Crippen LogP contribution in [0.3, 0.4) is 0 Å². The van der Waals surface area contributed by atoms with E-state index in [9.17, 15) is 13.0 Å². The summed E-state index contributed by atoms with van der Waals surface area (Å²) in [6, 6.07) is 22.0. The molecule has 1 N–H and O–H groups in total. The minimum absolute atomic E-state index is 0. The zero-order valence-electron chi connectivity index (χ0n) is 12.4. The molecule has 0 bridgehead atoms. The van der Waals surface area contributed by atoms with Gasteiger partial charge in [-0.1, -0.05) is 12.3 Å². The van der Waals surface area contributed by atoms with Gasteiger partial charge in [0.1, 0.15) is 5.25 Å². The molecule has 2 heterocycles. The Kier molecular flexibility index (Phi) is 8.47. The van der Waals surface area contributed by atoms with E-state index in [1.807, 2.05) is 30.3 Å². The Morgan fingerprint density at radius 1 is 0.917 bits per heavy atom. The predicted molar refractivity (Wildman–Crippen MR) is 86.0 cm³/mol. The van der Waals surface area contributed by atoms with Crippen molar-refractivity contribution in [3.63, 3.8) is 0 Å². The van der Waals surface area contributed by atoms with Gasteiger partial charge >= 0.3 is 21.1 Å². The summed E-state index contributed by atoms with van der Waals surface area (Å²) in [7, 11) is -4.32. The summed E-state index contributed by atoms with van der Waals surface area (Å²) < 4.78 is 32.1. The average molecular weight is 521 g/mol. The molecule has 0 saturated heterocycles. The molecule has 0 fully saturated rings. The fourth-order valence-corrected chi connectivity index (χ4v) is 2.70. The Hall–Kier alpha value is -1.88. The van der Waals surface area contributed by atoms with Crippen molar-refractivity contribution in [1.29, 1.82) is 0 Å². The van der Waals surface area contributed by atoms with E-state index in [4.69, 9.17) is 0 Å². The van der Waals surface area contributed by atoms with Gasteiger partial charge in [-0.25, -0.2) is 0 Å². The molecule has 2 aromatic heterocycles. The zero-order valence-corrected chi connectivity index (χ0v) is 15.5. The molecule has 1 unspecified atom stereocenters. The first-order valence-electron chi connectivity index (χ1n) is 6.70. The molecule has 3 rings (SSSR count). The first-order valence-corrected chi connectivity index (χ1v) is 8.20. The summed E-state index contributed by atoms with van der Waals surface area (Å²) >= 11 is 0. The molecular formula is C17H14N2O3PtS. The van der Waals surface area contributed by atoms with Crippen molar-refractivity contribution in [3.8, 4) is 0 Å². The fourth-order valence-electron chi connectivity index (χ4n) is 1.81. The Morgan fingerprint density at radius 2 is 1.62 bits per heavy atom. The third-order valence-electron chi connectivity index (χ3n) is 2.76. The summed E-state index contributed by atoms with van der Waals surface area (Å²) in [4.78, 5) is 7.75. The molecule has 0 aliphatic carbocycles. The Bertz CT molecular complexity index is 735. The SMILES string of the molecule is O=S(=O)(O)C(c1ccc[c-]n1)c1ccccn1.[Pt+2].[c-]1ccccc1. The number of pyridine rings is 2. The molecular weight excluding hydrogens is 507 g/mol. The van der Waals surface area contributed by atoms with Crippen molar-refractivity contribution in [1.82, 2.24) is 9.97 Å². The van der Waals surface area contributed by atoms with Gasteiger partial charge in [-0.05, 0) is 17.8 Å². The van der Waals surface area contributed by atoms with Crippen molar-refractivity contribution in [2.24, 2.45) is 0 Å². The van der Waals surface area contributed by atoms with Gasteiger partial charge in [-0.2, -0.15) is 56.9 Å². The van der Waals surface area contributed by atoms with Crippen LogP contribution in [-0.2, 0) is 31.2 Å². The summed E-state index contributed by atoms with van der Waals surface area (Å²) in [5.41, 5.74) is 0.413. The van der Waals surface area contributed by atoms with Crippen LogP contribution in [0.4, 0.5) is 0 Å². The maximum absolute atomic E-state index is 11.4. The van der Waals surface area contributed by atoms with Crippen LogP contribution in [0.2, 0.25) is 0 Å². The van der Waals surface area contributed by atoms with Gasteiger partial charge in [-0.3, -0.25) is 9.54 Å². The second-order valence-corrected chi connectivity index (χ2v) is 5.92. The topological polar surface area (TPSA) is 80.2 Å². The van der Waals surface area contributed by atoms with Crippen LogP contribution in [0.5, 0.6) is 0 Å². The molecule has 3 aromatic rings. The average Bonchev–Trinajstić information content (AvgIpc) is 2.58. The Morgan fingerprint density at radius 3 is 2.04 bits per heavy atom. The first-order chi connectivity index (χ1) is 11.1. The van der Waals surface area contributed by atoms with Crippen LogP contribution >= 0.6 is 0 Å². The van der Waals surface area contributed by atoms with Gasteiger partial charge in [0.05, 0.1) is 5.69 Å². The van der Waals surface area contributed by atoms with Gasteiger partial charge in [0.2, 0.25) is 0 Å². The van der Waals surface area contributed by atoms with Gasteiger partial charge < -0.3 is 4.98 Å². The maximum atomic E-state index is 11.4. The number of nitrogens with zero attached hydrogens (tertiary/aromatic N) is 2. The second kappa shape index (κ2) is 10.1. The van der Waals surface area contributed by atoms with E-state index in [-0.39, 0.29) is 32.5 Å². The molecule has 126 valence electrons. The van der Waals surface area contributed by atoms with Crippen LogP contribution < -0.4 is 0 Å². The zero-order chi connectivity index (χ0) is 16.5. The normalized spacial score (nSPS) is 11.4. The van der Waals surface area contributed by atoms with E-state index in [1.165, 1.54) is 18.3 Å². The first kappa shape index (κ1) is 20.2. The quantitative estimate of drug-likeness (QED) is 0.424. The summed E-state index contributed by atoms with van der Waals surface area (Å²) in [6.07, 6.45) is 3.99. The van der Waals surface area contributed by atoms with Crippen molar-refractivity contribution < 1.29 is 34.0 Å². The van der Waals surface area contributed by atoms with E-state index in [0.717, 1.165) is 0 Å². The summed E-state index contributed by atoms with van der Waals surface area (Å²) in [5.74, 6) is 0. The molecule has 0 saturated carbocycles. The van der Waals surface area contributed by atoms with Crippen LogP contribution in [0.1, 0.15) is 16.6 Å². The third kappa shape index (κ3) is 6.32. The standard InChI is InChI=1S/C11H9N2O3S.C6H5.Pt/c14-17(15,16)11(9-5-1-3-7-12-9)10-6-2-4-8-13-10;1-2-4-6-5-3-1;/h1-7,11H,(H,14,15,16);1-5H;/q2*-1;+2. The van der Waals surface area contributed by atoms with Crippen molar-refractivity contribution in [3.05, 3.63) is 96.6 Å². The minimum Gasteiger partial charge on any atom is -0.389 e. The van der Waals surface area contributed by atoms with Crippen LogP contribution in [0.15, 0.2) is 72.9 Å². The van der Waals surface area contributed by atoms with Crippen molar-refractivity contribution in [2.75, 3.05) is 0 Å². The van der Waals surface area contributed by atoms with Crippen molar-refractivity contribution >= 4 is 10.1 Å². The number of hydrogen-bond donors (Lipinski definition) is 1. The number of aromatic nitrogens is 2. The van der Waals surface area contributed by atoms with Gasteiger partial charge in [0.15, 0.2) is 0 Å². The van der Waals surface area contributed by atoms with E-state index in [1.54, 1.807) is 24.3 Å². The number of hydrogen-bond acceptors (Lipinski definition) is 4. The van der Waals surface area contributed by atoms with Gasteiger partial charge in [0, 0.05) is 6.20 Å². The Balaban J connectivity index is 0.000000349. The van der Waals surface area contributed by atoms with Crippen LogP contribution in [0, 0.1) is 12.3 Å². The smallest absolute Gasteiger partial charge is 0.389 e. The van der Waals surface area contributed by atoms with E-state index < -0.39 is 15.4 Å². The molecule has 0 spiro atoms. The fraction of sp³-hybridized carbons (Fsp3) is 0.0588. The Labute approximate surface area is 155 Å². The molecule has 1 aromatic carbocycles. The largest absolute Gasteiger partial charge is 2.00 e. The molecule has 7 heteroatoms. The van der Waals surface area contributed by atoms with E-state index in [0.29, 0.717) is 0 Å². The predicted octanol–water partition coefficient (Wildman–Crippen LogP) is 2.74. The molecule has 0 aliphatic heterocycles. The van der Waals surface area contributed by atoms with Gasteiger partial charge in [-0.15, -0.1) is 6.07 Å². The van der Waals surface area contributed by atoms with Gasteiger partial charge in [0.25, 0.3) is 10.1 Å².